The average molecular weight is 453 g/mol. The Morgan fingerprint density at radius 1 is 0.967 bits per heavy atom. The van der Waals surface area contributed by atoms with Crippen LogP contribution in [0, 0.1) is 6.92 Å². The largest absolute Gasteiger partial charge is 0.534 e. The highest BCUT2D eigenvalue weighted by Crippen LogP contribution is 2.41. The lowest BCUT2D eigenvalue weighted by molar-refractivity contribution is -0.0499. The Bertz CT molecular complexity index is 1400. The monoisotopic (exact) mass is 452 g/mol. The predicted octanol–water partition coefficient (Wildman–Crippen LogP) is 5.64. The van der Waals surface area contributed by atoms with E-state index >= 15 is 0 Å². The number of fused-ring (bicyclic) bond motifs is 2. The number of aryl methyl sites for hydroxylation is 1. The molecule has 3 aromatic carbocycles. The highest BCUT2D eigenvalue weighted by Gasteiger charge is 2.49. The Balaban J connectivity index is 2.09. The third-order valence-corrected chi connectivity index (χ3v) is 5.58. The molecule has 30 heavy (non-hydrogen) atoms. The molecule has 0 aliphatic carbocycles. The van der Waals surface area contributed by atoms with E-state index < -0.39 is 21.4 Å². The Morgan fingerprint density at radius 3 is 2.43 bits per heavy atom. The standard InChI is InChI=1S/C20H12ClF3N2O3S/c1-11-25-16-10-13(21)7-8-15(16)19(26-11)18-14-5-3-2-4-12(14)6-9-17(18)29-30(27,28)20(22,23)24/h2-10H,1H3. The summed E-state index contributed by atoms with van der Waals surface area (Å²) in [5.41, 5.74) is -4.77. The van der Waals surface area contributed by atoms with Crippen molar-refractivity contribution in [1.82, 2.24) is 9.97 Å². The molecule has 4 aromatic rings. The topological polar surface area (TPSA) is 69.2 Å². The molecule has 0 spiro atoms. The number of benzene rings is 3. The maximum Gasteiger partial charge on any atom is 0.534 e. The van der Waals surface area contributed by atoms with Crippen molar-refractivity contribution >= 4 is 43.4 Å². The van der Waals surface area contributed by atoms with Crippen LogP contribution in [0.4, 0.5) is 13.2 Å². The summed E-state index contributed by atoms with van der Waals surface area (Å²) in [6.07, 6.45) is 0. The first-order valence-corrected chi connectivity index (χ1v) is 10.3. The van der Waals surface area contributed by atoms with Crippen molar-refractivity contribution in [1.29, 1.82) is 0 Å². The number of hydrogen-bond acceptors (Lipinski definition) is 5. The molecular formula is C20H12ClF3N2O3S. The first-order valence-electron chi connectivity index (χ1n) is 8.53. The van der Waals surface area contributed by atoms with Crippen molar-refractivity contribution in [3.8, 4) is 17.0 Å². The van der Waals surface area contributed by atoms with Gasteiger partial charge in [0, 0.05) is 10.4 Å². The molecule has 10 heteroatoms. The second kappa shape index (κ2) is 7.10. The van der Waals surface area contributed by atoms with Gasteiger partial charge >= 0.3 is 15.6 Å². The fourth-order valence-electron chi connectivity index (χ4n) is 3.14. The zero-order valence-electron chi connectivity index (χ0n) is 15.2. The lowest BCUT2D eigenvalue weighted by atomic mass is 9.98. The van der Waals surface area contributed by atoms with Crippen LogP contribution in [-0.2, 0) is 10.1 Å². The molecule has 0 fully saturated rings. The minimum absolute atomic E-state index is 0.110. The van der Waals surface area contributed by atoms with Gasteiger partial charge in [0.05, 0.1) is 16.8 Å². The summed E-state index contributed by atoms with van der Waals surface area (Å²) in [4.78, 5) is 8.71. The highest BCUT2D eigenvalue weighted by atomic mass is 35.5. The average Bonchev–Trinajstić information content (AvgIpc) is 2.65. The van der Waals surface area contributed by atoms with E-state index in [4.69, 9.17) is 11.6 Å². The highest BCUT2D eigenvalue weighted by molar-refractivity contribution is 7.88. The van der Waals surface area contributed by atoms with Crippen LogP contribution in [0.5, 0.6) is 5.75 Å². The van der Waals surface area contributed by atoms with E-state index in [1.54, 1.807) is 49.4 Å². The van der Waals surface area contributed by atoms with Gasteiger partial charge in [0.25, 0.3) is 0 Å². The van der Waals surface area contributed by atoms with Crippen LogP contribution in [0.25, 0.3) is 32.9 Å². The summed E-state index contributed by atoms with van der Waals surface area (Å²) in [7, 11) is -5.88. The second-order valence-corrected chi connectivity index (χ2v) is 8.40. The summed E-state index contributed by atoms with van der Waals surface area (Å²) in [6.45, 7) is 1.61. The molecule has 1 heterocycles. The lowest BCUT2D eigenvalue weighted by Crippen LogP contribution is -2.28. The van der Waals surface area contributed by atoms with Crippen molar-refractivity contribution < 1.29 is 25.8 Å². The maximum atomic E-state index is 13.0. The fourth-order valence-corrected chi connectivity index (χ4v) is 3.78. The normalized spacial score (nSPS) is 12.4. The van der Waals surface area contributed by atoms with E-state index in [9.17, 15) is 21.6 Å². The summed E-state index contributed by atoms with van der Waals surface area (Å²) in [5, 5.41) is 2.04. The quantitative estimate of drug-likeness (QED) is 0.297. The minimum atomic E-state index is -5.88. The zero-order valence-corrected chi connectivity index (χ0v) is 16.8. The Morgan fingerprint density at radius 2 is 1.70 bits per heavy atom. The van der Waals surface area contributed by atoms with Gasteiger partial charge in [0.1, 0.15) is 5.82 Å². The number of alkyl halides is 3. The van der Waals surface area contributed by atoms with E-state index in [0.29, 0.717) is 32.5 Å². The predicted molar refractivity (Wildman–Crippen MR) is 108 cm³/mol. The van der Waals surface area contributed by atoms with Crippen molar-refractivity contribution in [3.63, 3.8) is 0 Å². The van der Waals surface area contributed by atoms with Gasteiger partial charge in [-0.3, -0.25) is 0 Å². The first-order chi connectivity index (χ1) is 14.1. The Kier molecular flexibility index (Phi) is 4.82. The van der Waals surface area contributed by atoms with Crippen LogP contribution in [0.1, 0.15) is 5.82 Å². The van der Waals surface area contributed by atoms with Gasteiger partial charge in [0.2, 0.25) is 0 Å². The SMILES string of the molecule is Cc1nc(-c2c(OS(=O)(=O)C(F)(F)F)ccc3ccccc23)c2ccc(Cl)cc2n1. The van der Waals surface area contributed by atoms with Crippen LogP contribution in [0.2, 0.25) is 5.02 Å². The van der Waals surface area contributed by atoms with Gasteiger partial charge < -0.3 is 4.18 Å². The van der Waals surface area contributed by atoms with Crippen molar-refractivity contribution in [2.24, 2.45) is 0 Å². The smallest absolute Gasteiger partial charge is 0.375 e. The Labute approximate surface area is 174 Å². The maximum absolute atomic E-state index is 13.0. The molecule has 0 unspecified atom stereocenters. The van der Waals surface area contributed by atoms with Crippen LogP contribution >= 0.6 is 11.6 Å². The van der Waals surface area contributed by atoms with Crippen LogP contribution in [0.3, 0.4) is 0 Å². The summed E-state index contributed by atoms with van der Waals surface area (Å²) in [5.74, 6) is -0.155. The van der Waals surface area contributed by atoms with Crippen LogP contribution in [-0.4, -0.2) is 23.9 Å². The van der Waals surface area contributed by atoms with Gasteiger partial charge in [-0.05, 0) is 42.0 Å². The molecule has 0 saturated heterocycles. The number of aromatic nitrogens is 2. The molecule has 0 saturated carbocycles. The summed E-state index contributed by atoms with van der Waals surface area (Å²) in [6, 6.07) is 14.3. The molecule has 0 radical (unpaired) electrons. The van der Waals surface area contributed by atoms with Gasteiger partial charge in [0.15, 0.2) is 5.75 Å². The molecular weight excluding hydrogens is 441 g/mol. The van der Waals surface area contributed by atoms with Crippen molar-refractivity contribution in [2.45, 2.75) is 12.4 Å². The molecule has 0 aliphatic rings. The van der Waals surface area contributed by atoms with Gasteiger partial charge in [-0.15, -0.1) is 0 Å². The second-order valence-electron chi connectivity index (χ2n) is 6.42. The van der Waals surface area contributed by atoms with Crippen molar-refractivity contribution in [3.05, 3.63) is 65.4 Å². The van der Waals surface area contributed by atoms with Crippen LogP contribution in [0.15, 0.2) is 54.6 Å². The van der Waals surface area contributed by atoms with Gasteiger partial charge in [-0.1, -0.05) is 41.9 Å². The molecule has 0 bridgehead atoms. The fraction of sp³-hybridized carbons (Fsp3) is 0.100. The molecule has 0 amide bonds. The molecule has 5 nitrogen and oxygen atoms in total. The molecule has 0 aliphatic heterocycles. The Hall–Kier alpha value is -2.91. The first kappa shape index (κ1) is 20.4. The number of halogens is 4. The molecule has 1 aromatic heterocycles. The van der Waals surface area contributed by atoms with E-state index in [2.05, 4.69) is 14.2 Å². The minimum Gasteiger partial charge on any atom is -0.375 e. The van der Waals surface area contributed by atoms with E-state index in [0.717, 1.165) is 0 Å². The molecule has 0 N–H and O–H groups in total. The number of nitrogens with zero attached hydrogens (tertiary/aromatic N) is 2. The molecule has 154 valence electrons. The third kappa shape index (κ3) is 3.54. The van der Waals surface area contributed by atoms with E-state index in [1.165, 1.54) is 12.1 Å². The summed E-state index contributed by atoms with van der Waals surface area (Å²) < 4.78 is 66.9. The lowest BCUT2D eigenvalue weighted by Gasteiger charge is -2.16. The summed E-state index contributed by atoms with van der Waals surface area (Å²) >= 11 is 6.04. The number of rotatable bonds is 3. The zero-order chi connectivity index (χ0) is 21.7. The molecule has 0 atom stereocenters. The van der Waals surface area contributed by atoms with Gasteiger partial charge in [-0.2, -0.15) is 21.6 Å². The molecule has 4 rings (SSSR count). The van der Waals surface area contributed by atoms with E-state index in [1.807, 2.05) is 0 Å². The van der Waals surface area contributed by atoms with Crippen LogP contribution < -0.4 is 4.18 Å². The number of hydrogen-bond donors (Lipinski definition) is 0. The third-order valence-electron chi connectivity index (χ3n) is 4.38. The van der Waals surface area contributed by atoms with Crippen molar-refractivity contribution in [2.75, 3.05) is 0 Å². The van der Waals surface area contributed by atoms with Gasteiger partial charge in [-0.25, -0.2) is 9.97 Å². The van der Waals surface area contributed by atoms with E-state index in [-0.39, 0.29) is 11.3 Å².